The lowest BCUT2D eigenvalue weighted by molar-refractivity contribution is -0.192. The molecule has 4 rings (SSSR count). The lowest BCUT2D eigenvalue weighted by Crippen LogP contribution is -2.21. The van der Waals surface area contributed by atoms with Crippen molar-refractivity contribution in [3.8, 4) is 22.9 Å². The van der Waals surface area contributed by atoms with Crippen LogP contribution in [0.3, 0.4) is 0 Å². The molecule has 0 atom stereocenters. The highest BCUT2D eigenvalue weighted by atomic mass is 19.4. The highest BCUT2D eigenvalue weighted by molar-refractivity contribution is 5.92. The zero-order chi connectivity index (χ0) is 21.0. The number of hydrogen-bond acceptors (Lipinski definition) is 4. The van der Waals surface area contributed by atoms with E-state index >= 15 is 0 Å². The van der Waals surface area contributed by atoms with E-state index in [2.05, 4.69) is 21.1 Å². The second kappa shape index (κ2) is 7.85. The number of benzene rings is 1. The normalized spacial score (nSPS) is 10.8. The number of pyridine rings is 1. The largest absolute Gasteiger partial charge is 0.490 e. The number of alkyl halides is 3. The van der Waals surface area contributed by atoms with E-state index in [1.165, 1.54) is 0 Å². The molecule has 7 nitrogen and oxygen atoms in total. The molecule has 0 unspecified atom stereocenters. The van der Waals surface area contributed by atoms with E-state index in [4.69, 9.17) is 15.2 Å². The van der Waals surface area contributed by atoms with Crippen LogP contribution in [0.2, 0.25) is 0 Å². The van der Waals surface area contributed by atoms with Gasteiger partial charge in [0.1, 0.15) is 5.65 Å². The average molecular weight is 399 g/mol. The minimum absolute atomic E-state index is 0.617. The van der Waals surface area contributed by atoms with Crippen molar-refractivity contribution in [2.24, 2.45) is 0 Å². The van der Waals surface area contributed by atoms with Crippen molar-refractivity contribution in [1.82, 2.24) is 19.7 Å². The molecule has 0 amide bonds. The van der Waals surface area contributed by atoms with Crippen LogP contribution in [0.5, 0.6) is 0 Å². The zero-order valence-electron chi connectivity index (χ0n) is 14.6. The van der Waals surface area contributed by atoms with Gasteiger partial charge in [-0.05, 0) is 35.9 Å². The number of fused-ring (bicyclic) bond motifs is 1. The highest BCUT2D eigenvalue weighted by Gasteiger charge is 2.38. The van der Waals surface area contributed by atoms with Gasteiger partial charge < -0.3 is 10.1 Å². The smallest absolute Gasteiger partial charge is 0.475 e. The number of nitrogens with one attached hydrogen (secondary N) is 1. The van der Waals surface area contributed by atoms with E-state index in [1.54, 1.807) is 16.9 Å². The molecule has 3 aromatic heterocycles. The maximum absolute atomic E-state index is 10.6. The van der Waals surface area contributed by atoms with Crippen molar-refractivity contribution < 1.29 is 23.1 Å². The molecule has 146 valence electrons. The van der Waals surface area contributed by atoms with Gasteiger partial charge in [-0.3, -0.25) is 0 Å². The summed E-state index contributed by atoms with van der Waals surface area (Å²) >= 11 is 0. The molecule has 0 aliphatic rings. The Morgan fingerprint density at radius 2 is 2.00 bits per heavy atom. The average Bonchev–Trinajstić information content (AvgIpc) is 3.37. The number of carbonyl (C=O) groups is 1. The number of carboxylic acid groups (broad SMARTS) is 1. The van der Waals surface area contributed by atoms with Crippen LogP contribution in [0.15, 0.2) is 61.2 Å². The SMILES string of the molecule is N#Cc1cccc(-n2cc(-c3ccnc4[nH]ccc34)cn2)c1.O=C(O)C(F)(F)F. The Balaban J connectivity index is 0.000000298. The predicted octanol–water partition coefficient (Wildman–Crippen LogP) is 3.92. The third kappa shape index (κ3) is 4.41. The summed E-state index contributed by atoms with van der Waals surface area (Å²) in [4.78, 5) is 16.3. The van der Waals surface area contributed by atoms with Crippen molar-refractivity contribution in [3.05, 3.63) is 66.7 Å². The molecule has 0 saturated heterocycles. The number of carboxylic acids is 1. The van der Waals surface area contributed by atoms with Crippen LogP contribution in [-0.2, 0) is 4.79 Å². The van der Waals surface area contributed by atoms with Gasteiger partial charge in [0.2, 0.25) is 0 Å². The first kappa shape index (κ1) is 19.6. The molecule has 29 heavy (non-hydrogen) atoms. The summed E-state index contributed by atoms with van der Waals surface area (Å²) in [6, 6.07) is 13.5. The van der Waals surface area contributed by atoms with E-state index in [-0.39, 0.29) is 0 Å². The fourth-order valence-corrected chi connectivity index (χ4v) is 2.53. The molecule has 0 bridgehead atoms. The summed E-state index contributed by atoms with van der Waals surface area (Å²) in [5, 5.41) is 21.6. The summed E-state index contributed by atoms with van der Waals surface area (Å²) in [5.74, 6) is -2.76. The second-order valence-corrected chi connectivity index (χ2v) is 5.74. The summed E-state index contributed by atoms with van der Waals surface area (Å²) in [6.45, 7) is 0. The summed E-state index contributed by atoms with van der Waals surface area (Å²) in [7, 11) is 0. The number of H-pyrrole nitrogens is 1. The van der Waals surface area contributed by atoms with Gasteiger partial charge in [0.05, 0.1) is 23.5 Å². The number of aliphatic carboxylic acids is 1. The molecular weight excluding hydrogens is 387 g/mol. The van der Waals surface area contributed by atoms with Gasteiger partial charge in [-0.1, -0.05) is 6.07 Å². The van der Waals surface area contributed by atoms with Gasteiger partial charge in [0, 0.05) is 29.5 Å². The predicted molar refractivity (Wildman–Crippen MR) is 97.1 cm³/mol. The molecule has 1 aromatic carbocycles. The number of halogens is 3. The number of hydrogen-bond donors (Lipinski definition) is 2. The van der Waals surface area contributed by atoms with E-state index in [9.17, 15) is 13.2 Å². The molecule has 0 aliphatic carbocycles. The molecule has 0 aliphatic heterocycles. The summed E-state index contributed by atoms with van der Waals surface area (Å²) < 4.78 is 33.5. The molecule has 0 spiro atoms. The topological polar surface area (TPSA) is 108 Å². The monoisotopic (exact) mass is 399 g/mol. The van der Waals surface area contributed by atoms with Gasteiger partial charge in [0.25, 0.3) is 0 Å². The van der Waals surface area contributed by atoms with Crippen molar-refractivity contribution >= 4 is 17.0 Å². The zero-order valence-corrected chi connectivity index (χ0v) is 14.6. The van der Waals surface area contributed by atoms with E-state index < -0.39 is 12.1 Å². The first-order valence-corrected chi connectivity index (χ1v) is 8.07. The Hall–Kier alpha value is -4.13. The second-order valence-electron chi connectivity index (χ2n) is 5.74. The standard InChI is InChI=1S/C17H11N5.C2HF3O2/c18-9-12-2-1-3-14(8-12)22-11-13(10-21-22)15-4-6-19-17-16(15)5-7-20-17;3-2(4,5)1(6)7/h1-8,10-11H,(H,19,20);(H,6,7). The summed E-state index contributed by atoms with van der Waals surface area (Å²) in [5.41, 5.74) is 4.43. The van der Waals surface area contributed by atoms with Gasteiger partial charge in [-0.25, -0.2) is 14.5 Å². The van der Waals surface area contributed by atoms with Crippen LogP contribution in [0.25, 0.3) is 27.8 Å². The lowest BCUT2D eigenvalue weighted by atomic mass is 10.1. The minimum atomic E-state index is -5.08. The maximum Gasteiger partial charge on any atom is 0.490 e. The number of rotatable bonds is 2. The third-order valence-electron chi connectivity index (χ3n) is 3.84. The molecule has 10 heteroatoms. The molecule has 0 saturated carbocycles. The number of aromatic amines is 1. The van der Waals surface area contributed by atoms with Gasteiger partial charge in [0.15, 0.2) is 0 Å². The lowest BCUT2D eigenvalue weighted by Gasteiger charge is -2.01. The van der Waals surface area contributed by atoms with E-state index in [0.717, 1.165) is 27.8 Å². The van der Waals surface area contributed by atoms with Crippen molar-refractivity contribution in [1.29, 1.82) is 5.26 Å². The molecular formula is C19H12F3N5O2. The minimum Gasteiger partial charge on any atom is -0.475 e. The Kier molecular flexibility index (Phi) is 5.32. The number of aromatic nitrogens is 4. The van der Waals surface area contributed by atoms with Crippen molar-refractivity contribution in [2.75, 3.05) is 0 Å². The fourth-order valence-electron chi connectivity index (χ4n) is 2.53. The first-order chi connectivity index (χ1) is 13.8. The Morgan fingerprint density at radius 3 is 2.69 bits per heavy atom. The third-order valence-corrected chi connectivity index (χ3v) is 3.84. The summed E-state index contributed by atoms with van der Waals surface area (Å²) in [6.07, 6.45) is 2.35. The molecule has 0 radical (unpaired) electrons. The van der Waals surface area contributed by atoms with Crippen molar-refractivity contribution in [3.63, 3.8) is 0 Å². The Bertz CT molecular complexity index is 1200. The van der Waals surface area contributed by atoms with Crippen LogP contribution in [0, 0.1) is 11.3 Å². The molecule has 4 aromatic rings. The Labute approximate surface area is 161 Å². The van der Waals surface area contributed by atoms with Gasteiger partial charge in [-0.2, -0.15) is 23.5 Å². The van der Waals surface area contributed by atoms with Crippen LogP contribution in [-0.4, -0.2) is 37.0 Å². The molecule has 3 heterocycles. The molecule has 2 N–H and O–H groups in total. The van der Waals surface area contributed by atoms with Gasteiger partial charge in [-0.15, -0.1) is 0 Å². The maximum atomic E-state index is 10.6. The number of nitrogens with zero attached hydrogens (tertiary/aromatic N) is 4. The van der Waals surface area contributed by atoms with Crippen LogP contribution in [0.1, 0.15) is 5.56 Å². The van der Waals surface area contributed by atoms with Crippen molar-refractivity contribution in [2.45, 2.75) is 6.18 Å². The van der Waals surface area contributed by atoms with Crippen LogP contribution < -0.4 is 0 Å². The van der Waals surface area contributed by atoms with E-state index in [0.29, 0.717) is 5.56 Å². The van der Waals surface area contributed by atoms with Crippen LogP contribution in [0.4, 0.5) is 13.2 Å². The highest BCUT2D eigenvalue weighted by Crippen LogP contribution is 2.27. The van der Waals surface area contributed by atoms with E-state index in [1.807, 2.05) is 48.9 Å². The first-order valence-electron chi connectivity index (χ1n) is 8.07. The molecule has 0 fully saturated rings. The Morgan fingerprint density at radius 1 is 1.24 bits per heavy atom. The quantitative estimate of drug-likeness (QED) is 0.531. The van der Waals surface area contributed by atoms with Crippen LogP contribution >= 0.6 is 0 Å². The fraction of sp³-hybridized carbons (Fsp3) is 0.0526. The van der Waals surface area contributed by atoms with Gasteiger partial charge >= 0.3 is 12.1 Å². The number of nitriles is 1.